The van der Waals surface area contributed by atoms with Crippen molar-refractivity contribution in [2.24, 2.45) is 7.05 Å². The fraction of sp³-hybridized carbons (Fsp3) is 0.333. The third-order valence-electron chi connectivity index (χ3n) is 4.71. The molecule has 0 aliphatic heterocycles. The van der Waals surface area contributed by atoms with Crippen LogP contribution in [0.1, 0.15) is 29.2 Å². The lowest BCUT2D eigenvalue weighted by atomic mass is 10.0. The normalized spacial score (nSPS) is 11.0. The maximum Gasteiger partial charge on any atom is 0.148 e. The van der Waals surface area contributed by atoms with Gasteiger partial charge in [0.15, 0.2) is 0 Å². The van der Waals surface area contributed by atoms with Gasteiger partial charge in [-0.1, -0.05) is 37.3 Å². The Labute approximate surface area is 160 Å². The minimum Gasteiger partial charge on any atom is -0.487 e. The van der Waals surface area contributed by atoms with E-state index in [2.05, 4.69) is 43.1 Å². The monoisotopic (exact) mass is 367 g/mol. The van der Waals surface area contributed by atoms with Crippen LogP contribution in [0, 0.1) is 6.92 Å². The van der Waals surface area contributed by atoms with Crippen LogP contribution in [0.3, 0.4) is 0 Å². The van der Waals surface area contributed by atoms with Gasteiger partial charge in [-0.25, -0.2) is 4.98 Å². The Hall–Kier alpha value is -2.40. The molecule has 0 N–H and O–H groups in total. The molecule has 26 heavy (non-hydrogen) atoms. The zero-order chi connectivity index (χ0) is 18.8. The van der Waals surface area contributed by atoms with Gasteiger partial charge in [-0.2, -0.15) is 0 Å². The maximum atomic E-state index is 6.26. The van der Waals surface area contributed by atoms with E-state index in [4.69, 9.17) is 17.0 Å². The van der Waals surface area contributed by atoms with E-state index in [1.165, 1.54) is 16.7 Å². The number of hydrogen-bond donors (Lipinski definition) is 0. The van der Waals surface area contributed by atoms with E-state index in [1.54, 1.807) is 0 Å². The Kier molecular flexibility index (Phi) is 5.28. The minimum atomic E-state index is 0.527. The highest BCUT2D eigenvalue weighted by atomic mass is 32.1. The molecule has 136 valence electrons. The standard InChI is InChI=1S/C21H25N3OS/c1-6-15-9-7-8-14(2)17(15)12-25-19-11-16(21(26)23(3)4)10-18-20(19)22-13-24(18)5/h7-11,13H,6,12H2,1-5H3. The van der Waals surface area contributed by atoms with Crippen LogP contribution in [0.15, 0.2) is 36.7 Å². The number of hydrogen-bond acceptors (Lipinski definition) is 3. The average Bonchev–Trinajstić information content (AvgIpc) is 3.00. The topological polar surface area (TPSA) is 30.3 Å². The molecule has 1 aromatic heterocycles. The molecular formula is C21H25N3OS. The molecule has 0 aliphatic carbocycles. The van der Waals surface area contributed by atoms with Gasteiger partial charge in [-0.3, -0.25) is 0 Å². The van der Waals surface area contributed by atoms with Gasteiger partial charge in [-0.05, 0) is 42.2 Å². The lowest BCUT2D eigenvalue weighted by molar-refractivity contribution is 0.307. The van der Waals surface area contributed by atoms with Crippen molar-refractivity contribution in [3.8, 4) is 5.75 Å². The van der Waals surface area contributed by atoms with Crippen LogP contribution in [-0.2, 0) is 20.1 Å². The second-order valence-electron chi connectivity index (χ2n) is 6.75. The van der Waals surface area contributed by atoms with Crippen molar-refractivity contribution in [1.29, 1.82) is 0 Å². The number of nitrogens with zero attached hydrogens (tertiary/aromatic N) is 3. The summed E-state index contributed by atoms with van der Waals surface area (Å²) >= 11 is 5.56. The minimum absolute atomic E-state index is 0.527. The van der Waals surface area contributed by atoms with Gasteiger partial charge in [0, 0.05) is 26.7 Å². The van der Waals surface area contributed by atoms with Crippen LogP contribution in [0.5, 0.6) is 5.75 Å². The molecule has 0 bridgehead atoms. The van der Waals surface area contributed by atoms with Crippen molar-refractivity contribution in [3.05, 3.63) is 58.9 Å². The van der Waals surface area contributed by atoms with Crippen LogP contribution in [0.4, 0.5) is 0 Å². The number of fused-ring (bicyclic) bond motifs is 1. The SMILES string of the molecule is CCc1cccc(C)c1COc1cc(C(=S)N(C)C)cc2c1ncn2C. The molecule has 0 saturated carbocycles. The second kappa shape index (κ2) is 7.46. The van der Waals surface area contributed by atoms with Crippen LogP contribution in [0.2, 0.25) is 0 Å². The molecule has 1 heterocycles. The summed E-state index contributed by atoms with van der Waals surface area (Å²) in [5.41, 5.74) is 6.67. The summed E-state index contributed by atoms with van der Waals surface area (Å²) < 4.78 is 8.25. The molecule has 0 unspecified atom stereocenters. The van der Waals surface area contributed by atoms with Gasteiger partial charge in [0.2, 0.25) is 0 Å². The van der Waals surface area contributed by atoms with Crippen LogP contribution in [0.25, 0.3) is 11.0 Å². The second-order valence-corrected chi connectivity index (χ2v) is 7.14. The summed E-state index contributed by atoms with van der Waals surface area (Å²) in [6, 6.07) is 10.5. The first kappa shape index (κ1) is 18.4. The molecule has 4 nitrogen and oxygen atoms in total. The number of benzene rings is 2. The van der Waals surface area contributed by atoms with Gasteiger partial charge in [0.25, 0.3) is 0 Å². The zero-order valence-corrected chi connectivity index (χ0v) is 16.9. The molecule has 0 atom stereocenters. The van der Waals surface area contributed by atoms with Crippen molar-refractivity contribution >= 4 is 28.2 Å². The van der Waals surface area contributed by atoms with Crippen molar-refractivity contribution in [2.45, 2.75) is 26.9 Å². The molecule has 3 rings (SSSR count). The van der Waals surface area contributed by atoms with Gasteiger partial charge in [0.1, 0.15) is 22.9 Å². The largest absolute Gasteiger partial charge is 0.487 e. The zero-order valence-electron chi connectivity index (χ0n) is 16.0. The quantitative estimate of drug-likeness (QED) is 0.631. The highest BCUT2D eigenvalue weighted by Crippen LogP contribution is 2.28. The third kappa shape index (κ3) is 3.44. The number of imidazole rings is 1. The number of rotatable bonds is 5. The fourth-order valence-corrected chi connectivity index (χ4v) is 3.26. The summed E-state index contributed by atoms with van der Waals surface area (Å²) in [5, 5.41) is 0. The fourth-order valence-electron chi connectivity index (χ4n) is 3.14. The lowest BCUT2D eigenvalue weighted by Gasteiger charge is -2.17. The summed E-state index contributed by atoms with van der Waals surface area (Å²) in [5.74, 6) is 0.771. The third-order valence-corrected chi connectivity index (χ3v) is 5.31. The van der Waals surface area contributed by atoms with Crippen LogP contribution in [-0.4, -0.2) is 33.5 Å². The molecule has 0 spiro atoms. The van der Waals surface area contributed by atoms with Gasteiger partial charge >= 0.3 is 0 Å². The Bertz CT molecular complexity index is 959. The number of ether oxygens (including phenoxy) is 1. The molecule has 0 amide bonds. The number of thiocarbonyl (C=S) groups is 1. The van der Waals surface area contributed by atoms with Crippen molar-refractivity contribution < 1.29 is 4.74 Å². The predicted molar refractivity (Wildman–Crippen MR) is 111 cm³/mol. The number of aryl methyl sites for hydroxylation is 3. The number of aromatic nitrogens is 2. The average molecular weight is 368 g/mol. The van der Waals surface area contributed by atoms with Crippen molar-refractivity contribution in [3.63, 3.8) is 0 Å². The Balaban J connectivity index is 2.01. The van der Waals surface area contributed by atoms with E-state index in [9.17, 15) is 0 Å². The van der Waals surface area contributed by atoms with Gasteiger partial charge < -0.3 is 14.2 Å². The molecule has 0 aliphatic rings. The molecule has 0 radical (unpaired) electrons. The van der Waals surface area contributed by atoms with E-state index in [-0.39, 0.29) is 0 Å². The maximum absolute atomic E-state index is 6.26. The molecule has 2 aromatic carbocycles. The van der Waals surface area contributed by atoms with E-state index >= 15 is 0 Å². The van der Waals surface area contributed by atoms with E-state index in [1.807, 2.05) is 43.0 Å². The summed E-state index contributed by atoms with van der Waals surface area (Å²) in [6.07, 6.45) is 2.80. The first-order valence-electron chi connectivity index (χ1n) is 8.79. The summed E-state index contributed by atoms with van der Waals surface area (Å²) in [7, 11) is 5.90. The Morgan fingerprint density at radius 3 is 2.73 bits per heavy atom. The highest BCUT2D eigenvalue weighted by molar-refractivity contribution is 7.80. The van der Waals surface area contributed by atoms with Gasteiger partial charge in [-0.15, -0.1) is 0 Å². The Morgan fingerprint density at radius 2 is 2.04 bits per heavy atom. The molecule has 0 fully saturated rings. The first-order valence-corrected chi connectivity index (χ1v) is 9.20. The highest BCUT2D eigenvalue weighted by Gasteiger charge is 2.14. The van der Waals surface area contributed by atoms with E-state index in [0.29, 0.717) is 6.61 Å². The first-order chi connectivity index (χ1) is 12.4. The summed E-state index contributed by atoms with van der Waals surface area (Å²) in [6.45, 7) is 4.83. The molecule has 5 heteroatoms. The van der Waals surface area contributed by atoms with Crippen molar-refractivity contribution in [2.75, 3.05) is 14.1 Å². The molecule has 0 saturated heterocycles. The molecular weight excluding hydrogens is 342 g/mol. The van der Waals surface area contributed by atoms with Crippen molar-refractivity contribution in [1.82, 2.24) is 14.5 Å². The van der Waals surface area contributed by atoms with E-state index < -0.39 is 0 Å². The summed E-state index contributed by atoms with van der Waals surface area (Å²) in [4.78, 5) is 7.24. The lowest BCUT2D eigenvalue weighted by Crippen LogP contribution is -2.20. The van der Waals surface area contributed by atoms with Crippen LogP contribution >= 0.6 is 12.2 Å². The Morgan fingerprint density at radius 1 is 1.27 bits per heavy atom. The smallest absolute Gasteiger partial charge is 0.148 e. The molecule has 3 aromatic rings. The van der Waals surface area contributed by atoms with Gasteiger partial charge in [0.05, 0.1) is 11.8 Å². The van der Waals surface area contributed by atoms with E-state index in [0.717, 1.165) is 33.8 Å². The predicted octanol–water partition coefficient (Wildman–Crippen LogP) is 4.26. The van der Waals surface area contributed by atoms with Crippen LogP contribution < -0.4 is 4.74 Å².